The van der Waals surface area contributed by atoms with Crippen molar-refractivity contribution in [1.82, 2.24) is 30.5 Å². The van der Waals surface area contributed by atoms with Crippen LogP contribution in [0, 0.1) is 0 Å². The van der Waals surface area contributed by atoms with Gasteiger partial charge in [-0.05, 0) is 72.4 Å². The van der Waals surface area contributed by atoms with Crippen LogP contribution in [0.3, 0.4) is 0 Å². The van der Waals surface area contributed by atoms with Crippen LogP contribution in [-0.2, 0) is 22.7 Å². The van der Waals surface area contributed by atoms with Crippen molar-refractivity contribution in [1.29, 1.82) is 0 Å². The van der Waals surface area contributed by atoms with Gasteiger partial charge in [0.25, 0.3) is 5.91 Å². The van der Waals surface area contributed by atoms with Crippen LogP contribution in [0.2, 0.25) is 0 Å². The Bertz CT molecular complexity index is 1850. The zero-order valence-electron chi connectivity index (χ0n) is 26.4. The number of carbonyl (C=O) groups is 4. The molecular formula is C35H36N8O5. The molecule has 2 atom stereocenters. The van der Waals surface area contributed by atoms with Crippen LogP contribution in [0.4, 0.5) is 15.3 Å². The quantitative estimate of drug-likeness (QED) is 0.184. The first-order valence-electron chi connectivity index (χ1n) is 15.8. The molecule has 13 nitrogen and oxygen atoms in total. The summed E-state index contributed by atoms with van der Waals surface area (Å²) >= 11 is 0. The van der Waals surface area contributed by atoms with E-state index in [2.05, 4.69) is 25.9 Å². The second-order valence-electron chi connectivity index (χ2n) is 11.9. The maximum absolute atomic E-state index is 13.9. The largest absolute Gasteiger partial charge is 0.465 e. The van der Waals surface area contributed by atoms with Gasteiger partial charge in [0.05, 0.1) is 17.1 Å². The molecule has 4 aromatic rings. The van der Waals surface area contributed by atoms with Crippen LogP contribution >= 0.6 is 0 Å². The minimum absolute atomic E-state index is 0.121. The van der Waals surface area contributed by atoms with Gasteiger partial charge < -0.3 is 26.0 Å². The molecule has 5 amide bonds. The normalized spacial score (nSPS) is 16.2. The van der Waals surface area contributed by atoms with Crippen molar-refractivity contribution >= 4 is 46.2 Å². The number of hydrogen-bond acceptors (Lipinski definition) is 7. The molecule has 0 bridgehead atoms. The van der Waals surface area contributed by atoms with Gasteiger partial charge in [-0.25, -0.2) is 14.6 Å². The summed E-state index contributed by atoms with van der Waals surface area (Å²) in [5.41, 5.74) is 6.03. The van der Waals surface area contributed by atoms with Gasteiger partial charge in [-0.1, -0.05) is 30.3 Å². The molecule has 6 rings (SSSR count). The summed E-state index contributed by atoms with van der Waals surface area (Å²) < 4.78 is 0. The van der Waals surface area contributed by atoms with E-state index >= 15 is 0 Å². The highest BCUT2D eigenvalue weighted by molar-refractivity contribution is 6.07. The van der Waals surface area contributed by atoms with E-state index in [1.807, 2.05) is 60.7 Å². The fourth-order valence-corrected chi connectivity index (χ4v) is 6.02. The molecule has 4 heterocycles. The van der Waals surface area contributed by atoms with Gasteiger partial charge in [0.15, 0.2) is 0 Å². The first-order chi connectivity index (χ1) is 23.3. The van der Waals surface area contributed by atoms with Crippen molar-refractivity contribution in [2.75, 3.05) is 18.4 Å². The molecule has 0 saturated heterocycles. The Morgan fingerprint density at radius 2 is 1.79 bits per heavy atom. The molecule has 0 radical (unpaired) electrons. The molecule has 2 aromatic carbocycles. The number of hydrogen-bond donors (Lipinski definition) is 4. The Labute approximate surface area is 277 Å². The average molecular weight is 649 g/mol. The number of fused-ring (bicyclic) bond motifs is 2. The van der Waals surface area contributed by atoms with Crippen LogP contribution in [0.25, 0.3) is 10.9 Å². The first-order valence-corrected chi connectivity index (χ1v) is 15.8. The highest BCUT2D eigenvalue weighted by Gasteiger charge is 2.33. The third-order valence-corrected chi connectivity index (χ3v) is 8.56. The monoisotopic (exact) mass is 648 g/mol. The van der Waals surface area contributed by atoms with Crippen LogP contribution in [0.1, 0.15) is 54.4 Å². The molecule has 2 aliphatic heterocycles. The number of carbonyl (C=O) groups excluding carboxylic acids is 3. The number of rotatable bonds is 10. The van der Waals surface area contributed by atoms with E-state index < -0.39 is 24.0 Å². The number of nitrogens with zero attached hydrogens (tertiary/aromatic N) is 5. The number of anilines is 1. The van der Waals surface area contributed by atoms with Crippen LogP contribution in [0.5, 0.6) is 0 Å². The van der Waals surface area contributed by atoms with Gasteiger partial charge in [-0.2, -0.15) is 5.10 Å². The zero-order valence-corrected chi connectivity index (χ0v) is 26.4. The van der Waals surface area contributed by atoms with E-state index in [4.69, 9.17) is 10.2 Å². The summed E-state index contributed by atoms with van der Waals surface area (Å²) in [6, 6.07) is 17.9. The summed E-state index contributed by atoms with van der Waals surface area (Å²) in [6.45, 7) is 3.17. The highest BCUT2D eigenvalue weighted by atomic mass is 16.4. The average Bonchev–Trinajstić information content (AvgIpc) is 3.53. The van der Waals surface area contributed by atoms with Gasteiger partial charge >= 0.3 is 12.1 Å². The van der Waals surface area contributed by atoms with Crippen molar-refractivity contribution in [2.24, 2.45) is 5.10 Å². The maximum atomic E-state index is 13.9. The predicted molar refractivity (Wildman–Crippen MR) is 179 cm³/mol. The number of unbranched alkanes of at least 4 members (excludes halogenated alkanes) is 1. The fourth-order valence-electron chi connectivity index (χ4n) is 6.02. The molecule has 0 spiro atoms. The van der Waals surface area contributed by atoms with Gasteiger partial charge in [0.1, 0.15) is 6.04 Å². The molecule has 246 valence electrons. The molecule has 4 N–H and O–H groups in total. The van der Waals surface area contributed by atoms with Crippen LogP contribution < -0.4 is 16.0 Å². The van der Waals surface area contributed by atoms with Crippen LogP contribution in [0.15, 0.2) is 84.4 Å². The molecular weight excluding hydrogens is 612 g/mol. The number of nitrogens with one attached hydrogen (secondary N) is 3. The second-order valence-corrected chi connectivity index (χ2v) is 11.9. The predicted octanol–water partition coefficient (Wildman–Crippen LogP) is 4.45. The summed E-state index contributed by atoms with van der Waals surface area (Å²) in [4.78, 5) is 60.2. The lowest BCUT2D eigenvalue weighted by Gasteiger charge is -2.30. The standard InChI is InChI=1S/C35H36N8O5/c1-22(39-35(47)48)32(44)38-14-2-3-17-43-33(45)29(27-6-4-8-30-28(27)7-5-15-37-30)18-31(41-43)23-9-11-26(12-10-23)40-34(46)42-20-24-13-16-36-19-25(24)21-42/h4-13,15-16,19,22,29,39H,2-3,14,17-18,20-21H2,1H3,(H,38,44)(H,40,46)(H,47,48)/t22-,29?/m0/s1. The van der Waals surface area contributed by atoms with Crippen LogP contribution in [-0.4, -0.2) is 73.8 Å². The third-order valence-electron chi connectivity index (χ3n) is 8.56. The van der Waals surface area contributed by atoms with E-state index in [1.165, 1.54) is 11.9 Å². The lowest BCUT2D eigenvalue weighted by Crippen LogP contribution is -2.44. The van der Waals surface area contributed by atoms with Gasteiger partial charge in [0, 0.05) is 62.3 Å². The summed E-state index contributed by atoms with van der Waals surface area (Å²) in [7, 11) is 0. The zero-order chi connectivity index (χ0) is 33.6. The summed E-state index contributed by atoms with van der Waals surface area (Å²) in [5, 5.41) is 23.8. The van der Waals surface area contributed by atoms with Gasteiger partial charge in [0.2, 0.25) is 5.91 Å². The SMILES string of the molecule is C[C@H](NC(=O)O)C(=O)NCCCCN1N=C(c2ccc(NC(=O)N3Cc4ccncc4C3)cc2)CC(c2cccc3ncccc23)C1=O. The molecule has 1 unspecified atom stereocenters. The maximum Gasteiger partial charge on any atom is 0.405 e. The van der Waals surface area contributed by atoms with E-state index in [0.29, 0.717) is 51.1 Å². The lowest BCUT2D eigenvalue weighted by molar-refractivity contribution is -0.133. The second kappa shape index (κ2) is 14.3. The Morgan fingerprint density at radius 1 is 0.979 bits per heavy atom. The number of pyridine rings is 2. The van der Waals surface area contributed by atoms with Crippen molar-refractivity contribution in [3.05, 3.63) is 102 Å². The number of hydrazone groups is 1. The van der Waals surface area contributed by atoms with Gasteiger partial charge in [-0.3, -0.25) is 19.6 Å². The Kier molecular flexibility index (Phi) is 9.55. The summed E-state index contributed by atoms with van der Waals surface area (Å²) in [6.07, 6.45) is 5.50. The van der Waals surface area contributed by atoms with Crippen molar-refractivity contribution in [2.45, 2.75) is 51.2 Å². The Hall–Kier alpha value is -5.85. The Morgan fingerprint density at radius 3 is 2.58 bits per heavy atom. The van der Waals surface area contributed by atoms with E-state index in [0.717, 1.165) is 38.9 Å². The fraction of sp³-hybridized carbons (Fsp3) is 0.286. The summed E-state index contributed by atoms with van der Waals surface area (Å²) in [5.74, 6) is -1.03. The van der Waals surface area contributed by atoms with Gasteiger partial charge in [-0.15, -0.1) is 0 Å². The molecule has 0 fully saturated rings. The Balaban J connectivity index is 1.16. The molecule has 2 aromatic heterocycles. The van der Waals surface area contributed by atoms with Crippen molar-refractivity contribution in [3.63, 3.8) is 0 Å². The number of carboxylic acid groups (broad SMARTS) is 1. The third kappa shape index (κ3) is 7.25. The number of urea groups is 1. The highest BCUT2D eigenvalue weighted by Crippen LogP contribution is 2.33. The molecule has 13 heteroatoms. The minimum atomic E-state index is -1.27. The molecule has 0 aliphatic carbocycles. The number of benzene rings is 2. The number of aromatic nitrogens is 2. The van der Waals surface area contributed by atoms with Crippen molar-refractivity contribution in [3.8, 4) is 0 Å². The lowest BCUT2D eigenvalue weighted by atomic mass is 9.86. The van der Waals surface area contributed by atoms with E-state index in [-0.39, 0.29) is 11.9 Å². The van der Waals surface area contributed by atoms with E-state index in [9.17, 15) is 19.2 Å². The van der Waals surface area contributed by atoms with E-state index in [1.54, 1.807) is 23.5 Å². The molecule has 0 saturated carbocycles. The molecule has 2 aliphatic rings. The minimum Gasteiger partial charge on any atom is -0.465 e. The molecule has 48 heavy (non-hydrogen) atoms. The smallest absolute Gasteiger partial charge is 0.405 e. The first kappa shape index (κ1) is 32.1. The van der Waals surface area contributed by atoms with Crippen molar-refractivity contribution < 1.29 is 24.3 Å². The number of amides is 5. The topological polar surface area (TPSA) is 169 Å².